The molecule has 0 radical (unpaired) electrons. The summed E-state index contributed by atoms with van der Waals surface area (Å²) < 4.78 is 6.99. The van der Waals surface area contributed by atoms with Crippen LogP contribution in [-0.2, 0) is 22.6 Å². The van der Waals surface area contributed by atoms with Gasteiger partial charge in [-0.25, -0.2) is 4.79 Å². The first-order valence-corrected chi connectivity index (χ1v) is 8.61. The molecule has 0 fully saturated rings. The molecule has 0 aliphatic carbocycles. The van der Waals surface area contributed by atoms with Gasteiger partial charge in [0.2, 0.25) is 5.91 Å². The first-order chi connectivity index (χ1) is 12.3. The molecule has 7 nitrogen and oxygen atoms in total. The normalized spacial score (nSPS) is 11.1. The molecule has 2 aromatic rings. The summed E-state index contributed by atoms with van der Waals surface area (Å²) in [6, 6.07) is 9.19. The second-order valence-corrected chi connectivity index (χ2v) is 6.90. The van der Waals surface area contributed by atoms with Crippen molar-refractivity contribution in [2.45, 2.75) is 46.4 Å². The summed E-state index contributed by atoms with van der Waals surface area (Å²) >= 11 is 0. The van der Waals surface area contributed by atoms with Crippen molar-refractivity contribution in [1.29, 1.82) is 0 Å². The van der Waals surface area contributed by atoms with Crippen molar-refractivity contribution in [2.24, 2.45) is 0 Å². The molecule has 7 heteroatoms. The molecule has 2 amide bonds. The summed E-state index contributed by atoms with van der Waals surface area (Å²) in [5.41, 5.74) is 0.961. The van der Waals surface area contributed by atoms with Crippen LogP contribution in [0, 0.1) is 0 Å². The van der Waals surface area contributed by atoms with Crippen LogP contribution in [0.3, 0.4) is 0 Å². The molecule has 0 aliphatic rings. The second-order valence-electron chi connectivity index (χ2n) is 6.90. The van der Waals surface area contributed by atoms with Crippen LogP contribution < -0.4 is 5.32 Å². The van der Waals surface area contributed by atoms with E-state index in [0.29, 0.717) is 18.8 Å². The average Bonchev–Trinajstić information content (AvgIpc) is 3.05. The van der Waals surface area contributed by atoms with Crippen LogP contribution in [0.2, 0.25) is 0 Å². The van der Waals surface area contributed by atoms with Crippen LogP contribution in [0.4, 0.5) is 10.5 Å². The van der Waals surface area contributed by atoms with E-state index in [-0.39, 0.29) is 18.5 Å². The zero-order valence-corrected chi connectivity index (χ0v) is 15.7. The number of carbonyl (C=O) groups is 2. The Kier molecular flexibility index (Phi) is 6.38. The summed E-state index contributed by atoms with van der Waals surface area (Å²) in [4.78, 5) is 26.2. The van der Waals surface area contributed by atoms with Crippen molar-refractivity contribution in [2.75, 3.05) is 11.9 Å². The monoisotopic (exact) mass is 358 g/mol. The van der Waals surface area contributed by atoms with Crippen molar-refractivity contribution in [1.82, 2.24) is 14.7 Å². The number of hydrogen-bond acceptors (Lipinski definition) is 4. The summed E-state index contributed by atoms with van der Waals surface area (Å²) in [6.07, 6.45) is 2.98. The lowest BCUT2D eigenvalue weighted by atomic mass is 10.1. The Morgan fingerprint density at radius 2 is 1.96 bits per heavy atom. The number of anilines is 1. The van der Waals surface area contributed by atoms with Crippen LogP contribution in [-0.4, -0.2) is 38.8 Å². The number of hydrogen-bond donors (Lipinski definition) is 1. The predicted molar refractivity (Wildman–Crippen MR) is 99.6 cm³/mol. The molecule has 0 unspecified atom stereocenters. The van der Waals surface area contributed by atoms with Gasteiger partial charge in [-0.2, -0.15) is 5.10 Å². The van der Waals surface area contributed by atoms with Gasteiger partial charge in [0.15, 0.2) is 0 Å². The number of benzene rings is 1. The van der Waals surface area contributed by atoms with Gasteiger partial charge in [-0.3, -0.25) is 9.48 Å². The lowest BCUT2D eigenvalue weighted by molar-refractivity contribution is -0.116. The smallest absolute Gasteiger partial charge is 0.410 e. The highest BCUT2D eigenvalue weighted by molar-refractivity contribution is 5.91. The quantitative estimate of drug-likeness (QED) is 0.860. The van der Waals surface area contributed by atoms with Gasteiger partial charge in [0.1, 0.15) is 12.1 Å². The minimum atomic E-state index is -0.554. The molecule has 0 spiro atoms. The van der Waals surface area contributed by atoms with Crippen molar-refractivity contribution < 1.29 is 14.3 Å². The fourth-order valence-electron chi connectivity index (χ4n) is 2.35. The Morgan fingerprint density at radius 1 is 1.23 bits per heavy atom. The van der Waals surface area contributed by atoms with Gasteiger partial charge >= 0.3 is 6.09 Å². The fourth-order valence-corrected chi connectivity index (χ4v) is 2.35. The first kappa shape index (κ1) is 19.5. The molecule has 0 bridgehead atoms. The van der Waals surface area contributed by atoms with Gasteiger partial charge < -0.3 is 15.0 Å². The lowest BCUT2D eigenvalue weighted by Gasteiger charge is -2.27. The molecule has 0 saturated carbocycles. The van der Waals surface area contributed by atoms with Gasteiger partial charge in [0.25, 0.3) is 0 Å². The zero-order chi connectivity index (χ0) is 19.2. The van der Waals surface area contributed by atoms with Gasteiger partial charge in [0, 0.05) is 24.6 Å². The average molecular weight is 358 g/mol. The minimum Gasteiger partial charge on any atom is -0.444 e. The molecule has 1 aromatic heterocycles. The van der Waals surface area contributed by atoms with E-state index in [9.17, 15) is 9.59 Å². The van der Waals surface area contributed by atoms with Gasteiger partial charge in [0.05, 0.1) is 6.54 Å². The molecule has 1 aromatic carbocycles. The second kappa shape index (κ2) is 8.51. The van der Waals surface area contributed by atoms with E-state index >= 15 is 0 Å². The third-order valence-electron chi connectivity index (χ3n) is 3.55. The van der Waals surface area contributed by atoms with Crippen LogP contribution in [0.5, 0.6) is 0 Å². The summed E-state index contributed by atoms with van der Waals surface area (Å²) in [5.74, 6) is -0.179. The van der Waals surface area contributed by atoms with E-state index in [1.807, 2.05) is 52.0 Å². The Labute approximate surface area is 153 Å². The maximum Gasteiger partial charge on any atom is 0.410 e. The van der Waals surface area contributed by atoms with E-state index in [1.54, 1.807) is 28.0 Å². The molecular weight excluding hydrogens is 332 g/mol. The van der Waals surface area contributed by atoms with Crippen molar-refractivity contribution in [3.8, 4) is 0 Å². The Balaban J connectivity index is 2.07. The molecule has 0 atom stereocenters. The topological polar surface area (TPSA) is 76.5 Å². The van der Waals surface area contributed by atoms with E-state index in [0.717, 1.165) is 5.56 Å². The molecule has 0 aliphatic heterocycles. The summed E-state index contributed by atoms with van der Waals surface area (Å²) in [5, 5.41) is 6.91. The minimum absolute atomic E-state index is 0.130. The van der Waals surface area contributed by atoms with E-state index in [4.69, 9.17) is 4.74 Å². The predicted octanol–water partition coefficient (Wildman–Crippen LogP) is 3.28. The third kappa shape index (κ3) is 5.91. The standard InChI is InChI=1S/C19H26N4O3/c1-5-22(18(25)26-19(2,3)4)13-15-9-6-7-10-16(15)21-17(24)14-23-12-8-11-20-23/h6-12H,5,13-14H2,1-4H3,(H,21,24). The van der Waals surface area contributed by atoms with E-state index in [1.165, 1.54) is 0 Å². The number of carbonyl (C=O) groups excluding carboxylic acids is 2. The van der Waals surface area contributed by atoms with Crippen molar-refractivity contribution in [3.63, 3.8) is 0 Å². The van der Waals surface area contributed by atoms with Crippen molar-refractivity contribution in [3.05, 3.63) is 48.3 Å². The highest BCUT2D eigenvalue weighted by Crippen LogP contribution is 2.19. The maximum absolute atomic E-state index is 12.3. The van der Waals surface area contributed by atoms with Crippen LogP contribution in [0.15, 0.2) is 42.7 Å². The number of ether oxygens (including phenoxy) is 1. The molecule has 26 heavy (non-hydrogen) atoms. The highest BCUT2D eigenvalue weighted by Gasteiger charge is 2.22. The van der Waals surface area contributed by atoms with Gasteiger partial charge in [-0.05, 0) is 45.4 Å². The number of amides is 2. The molecule has 2 rings (SSSR count). The fraction of sp³-hybridized carbons (Fsp3) is 0.421. The van der Waals surface area contributed by atoms with Crippen molar-refractivity contribution >= 4 is 17.7 Å². The SMILES string of the molecule is CCN(Cc1ccccc1NC(=O)Cn1cccn1)C(=O)OC(C)(C)C. The number of nitrogens with zero attached hydrogens (tertiary/aromatic N) is 3. The molecular formula is C19H26N4O3. The molecule has 0 saturated heterocycles. The number of aromatic nitrogens is 2. The first-order valence-electron chi connectivity index (χ1n) is 8.61. The van der Waals surface area contributed by atoms with Gasteiger partial charge in [-0.15, -0.1) is 0 Å². The summed E-state index contributed by atoms with van der Waals surface area (Å²) in [7, 11) is 0. The molecule has 140 valence electrons. The molecule has 1 heterocycles. The number of para-hydroxylation sites is 1. The number of nitrogens with one attached hydrogen (secondary N) is 1. The molecule has 1 N–H and O–H groups in total. The van der Waals surface area contributed by atoms with Crippen LogP contribution >= 0.6 is 0 Å². The van der Waals surface area contributed by atoms with E-state index in [2.05, 4.69) is 10.4 Å². The Hall–Kier alpha value is -2.83. The van der Waals surface area contributed by atoms with Gasteiger partial charge in [-0.1, -0.05) is 18.2 Å². The Morgan fingerprint density at radius 3 is 2.58 bits per heavy atom. The van der Waals surface area contributed by atoms with E-state index < -0.39 is 5.60 Å². The summed E-state index contributed by atoms with van der Waals surface area (Å²) in [6.45, 7) is 8.38. The lowest BCUT2D eigenvalue weighted by Crippen LogP contribution is -2.36. The largest absolute Gasteiger partial charge is 0.444 e. The van der Waals surface area contributed by atoms with Crippen LogP contribution in [0.25, 0.3) is 0 Å². The third-order valence-corrected chi connectivity index (χ3v) is 3.55. The highest BCUT2D eigenvalue weighted by atomic mass is 16.6. The number of rotatable bonds is 6. The zero-order valence-electron chi connectivity index (χ0n) is 15.7. The maximum atomic E-state index is 12.3. The Bertz CT molecular complexity index is 735. The van der Waals surface area contributed by atoms with Crippen LogP contribution in [0.1, 0.15) is 33.3 Å².